The van der Waals surface area contributed by atoms with Crippen LogP contribution in [0.4, 0.5) is 11.4 Å². The molecule has 1 heterocycles. The number of nitro benzene ring substituents is 1. The van der Waals surface area contributed by atoms with Gasteiger partial charge in [0.25, 0.3) is 11.6 Å². The van der Waals surface area contributed by atoms with Crippen LogP contribution >= 0.6 is 11.6 Å². The Labute approximate surface area is 128 Å². The molecule has 1 saturated heterocycles. The van der Waals surface area contributed by atoms with Gasteiger partial charge in [0.2, 0.25) is 0 Å². The molecule has 7 heteroatoms. The van der Waals surface area contributed by atoms with E-state index in [4.69, 9.17) is 17.3 Å². The Morgan fingerprint density at radius 3 is 2.48 bits per heavy atom. The summed E-state index contributed by atoms with van der Waals surface area (Å²) in [6, 6.07) is 2.36. The Hall–Kier alpha value is -1.82. The second kappa shape index (κ2) is 5.52. The number of nitro groups is 1. The van der Waals surface area contributed by atoms with E-state index in [1.807, 2.05) is 0 Å². The van der Waals surface area contributed by atoms with E-state index in [-0.39, 0.29) is 33.3 Å². The lowest BCUT2D eigenvalue weighted by atomic mass is 9.82. The van der Waals surface area contributed by atoms with Gasteiger partial charge in [-0.1, -0.05) is 25.4 Å². The van der Waals surface area contributed by atoms with Crippen molar-refractivity contribution in [3.05, 3.63) is 32.8 Å². The van der Waals surface area contributed by atoms with E-state index in [0.717, 1.165) is 18.9 Å². The third-order valence-corrected chi connectivity index (χ3v) is 4.27. The summed E-state index contributed by atoms with van der Waals surface area (Å²) in [5.41, 5.74) is 5.99. The fourth-order valence-corrected chi connectivity index (χ4v) is 2.58. The zero-order valence-corrected chi connectivity index (χ0v) is 12.8. The van der Waals surface area contributed by atoms with Crippen molar-refractivity contribution in [1.29, 1.82) is 0 Å². The molecule has 0 bridgehead atoms. The quantitative estimate of drug-likeness (QED) is 0.516. The zero-order valence-electron chi connectivity index (χ0n) is 12.1. The minimum atomic E-state index is -0.582. The highest BCUT2D eigenvalue weighted by molar-refractivity contribution is 6.34. The van der Waals surface area contributed by atoms with E-state index < -0.39 is 4.92 Å². The van der Waals surface area contributed by atoms with Gasteiger partial charge in [0.05, 0.1) is 21.2 Å². The van der Waals surface area contributed by atoms with Crippen molar-refractivity contribution < 1.29 is 9.72 Å². The number of rotatable bonds is 2. The first-order valence-corrected chi connectivity index (χ1v) is 7.12. The average Bonchev–Trinajstić information content (AvgIpc) is 2.40. The highest BCUT2D eigenvalue weighted by Gasteiger charge is 2.30. The van der Waals surface area contributed by atoms with Crippen LogP contribution < -0.4 is 5.73 Å². The minimum absolute atomic E-state index is 0.0323. The number of carbonyl (C=O) groups is 1. The van der Waals surface area contributed by atoms with Gasteiger partial charge in [-0.3, -0.25) is 14.9 Å². The highest BCUT2D eigenvalue weighted by atomic mass is 35.5. The predicted octanol–water partition coefficient (Wildman–Crippen LogP) is 3.09. The summed E-state index contributed by atoms with van der Waals surface area (Å²) in [6.07, 6.45) is 1.78. The van der Waals surface area contributed by atoms with Gasteiger partial charge in [0, 0.05) is 25.2 Å². The first kappa shape index (κ1) is 15.6. The number of anilines is 1. The Bertz CT molecular complexity index is 591. The van der Waals surface area contributed by atoms with Crippen LogP contribution in [0.5, 0.6) is 0 Å². The number of nitrogens with two attached hydrogens (primary N) is 1. The molecule has 0 atom stereocenters. The molecule has 1 fully saturated rings. The maximum absolute atomic E-state index is 12.5. The summed E-state index contributed by atoms with van der Waals surface area (Å²) < 4.78 is 0. The Kier molecular flexibility index (Phi) is 4.09. The SMILES string of the molecule is CC1(C)CCN(C(=O)c2cc([N+](=O)[O-])cc(Cl)c2N)CC1. The molecule has 0 radical (unpaired) electrons. The van der Waals surface area contributed by atoms with E-state index >= 15 is 0 Å². The number of amides is 1. The lowest BCUT2D eigenvalue weighted by molar-refractivity contribution is -0.384. The van der Waals surface area contributed by atoms with Gasteiger partial charge in [0.1, 0.15) is 0 Å². The molecule has 1 aromatic carbocycles. The molecule has 2 N–H and O–H groups in total. The van der Waals surface area contributed by atoms with E-state index in [2.05, 4.69) is 13.8 Å². The molecule has 0 saturated carbocycles. The van der Waals surface area contributed by atoms with Crippen molar-refractivity contribution in [2.75, 3.05) is 18.8 Å². The van der Waals surface area contributed by atoms with E-state index in [9.17, 15) is 14.9 Å². The van der Waals surface area contributed by atoms with Crippen LogP contribution in [0.1, 0.15) is 37.0 Å². The number of hydrogen-bond acceptors (Lipinski definition) is 4. The van der Waals surface area contributed by atoms with Crippen molar-refractivity contribution in [2.45, 2.75) is 26.7 Å². The fourth-order valence-electron chi connectivity index (χ4n) is 2.37. The lowest BCUT2D eigenvalue weighted by Gasteiger charge is -2.37. The molecule has 1 amide bonds. The van der Waals surface area contributed by atoms with Crippen LogP contribution in [0.15, 0.2) is 12.1 Å². The molecule has 0 spiro atoms. The number of benzene rings is 1. The van der Waals surface area contributed by atoms with Gasteiger partial charge in [-0.25, -0.2) is 0 Å². The second-order valence-corrected chi connectivity index (χ2v) is 6.51. The second-order valence-electron chi connectivity index (χ2n) is 6.10. The minimum Gasteiger partial charge on any atom is -0.397 e. The van der Waals surface area contributed by atoms with Gasteiger partial charge >= 0.3 is 0 Å². The first-order chi connectivity index (χ1) is 9.71. The average molecular weight is 312 g/mol. The zero-order chi connectivity index (χ0) is 15.8. The van der Waals surface area contributed by atoms with Gasteiger partial charge in [-0.15, -0.1) is 0 Å². The topological polar surface area (TPSA) is 89.5 Å². The Morgan fingerprint density at radius 2 is 1.95 bits per heavy atom. The molecule has 114 valence electrons. The molecular formula is C14H18ClN3O3. The van der Waals surface area contributed by atoms with Gasteiger partial charge in [-0.05, 0) is 18.3 Å². The number of nitrogen functional groups attached to an aromatic ring is 1. The normalized spacial score (nSPS) is 17.6. The summed E-state index contributed by atoms with van der Waals surface area (Å²) in [6.45, 7) is 5.55. The standard InChI is InChI=1S/C14H18ClN3O3/c1-14(2)3-5-17(6-4-14)13(19)10-7-9(18(20)21)8-11(15)12(10)16/h7-8H,3-6,16H2,1-2H3. The van der Waals surface area contributed by atoms with Crippen LogP contribution in [-0.4, -0.2) is 28.8 Å². The van der Waals surface area contributed by atoms with Gasteiger partial charge < -0.3 is 10.6 Å². The van der Waals surface area contributed by atoms with Crippen molar-refractivity contribution in [2.24, 2.45) is 5.41 Å². The molecule has 21 heavy (non-hydrogen) atoms. The summed E-state index contributed by atoms with van der Waals surface area (Å²) in [7, 11) is 0. The number of non-ortho nitro benzene ring substituents is 1. The molecule has 1 aliphatic heterocycles. The molecule has 6 nitrogen and oxygen atoms in total. The Morgan fingerprint density at radius 1 is 1.38 bits per heavy atom. The summed E-state index contributed by atoms with van der Waals surface area (Å²) in [5.74, 6) is -0.298. The third-order valence-electron chi connectivity index (χ3n) is 3.96. The third kappa shape index (κ3) is 3.26. The largest absolute Gasteiger partial charge is 0.397 e. The predicted molar refractivity (Wildman–Crippen MR) is 81.4 cm³/mol. The smallest absolute Gasteiger partial charge is 0.271 e. The molecular weight excluding hydrogens is 294 g/mol. The van der Waals surface area contributed by atoms with E-state index in [0.29, 0.717) is 13.1 Å². The molecule has 0 unspecified atom stereocenters. The summed E-state index contributed by atoms with van der Waals surface area (Å²) in [5, 5.41) is 10.9. The van der Waals surface area contributed by atoms with Crippen molar-refractivity contribution in [3.63, 3.8) is 0 Å². The number of likely N-dealkylation sites (tertiary alicyclic amines) is 1. The van der Waals surface area contributed by atoms with Crippen molar-refractivity contribution in [1.82, 2.24) is 4.90 Å². The van der Waals surface area contributed by atoms with Gasteiger partial charge in [0.15, 0.2) is 0 Å². The van der Waals surface area contributed by atoms with Crippen molar-refractivity contribution >= 4 is 28.9 Å². The number of piperidine rings is 1. The highest BCUT2D eigenvalue weighted by Crippen LogP contribution is 2.33. The van der Waals surface area contributed by atoms with Crippen LogP contribution in [0.25, 0.3) is 0 Å². The van der Waals surface area contributed by atoms with E-state index in [1.165, 1.54) is 6.07 Å². The lowest BCUT2D eigenvalue weighted by Crippen LogP contribution is -2.41. The molecule has 0 aliphatic carbocycles. The number of hydrogen-bond donors (Lipinski definition) is 1. The molecule has 1 aromatic rings. The molecule has 0 aromatic heterocycles. The monoisotopic (exact) mass is 311 g/mol. The molecule has 1 aliphatic rings. The maximum atomic E-state index is 12.5. The maximum Gasteiger partial charge on any atom is 0.271 e. The fraction of sp³-hybridized carbons (Fsp3) is 0.500. The van der Waals surface area contributed by atoms with Crippen molar-refractivity contribution in [3.8, 4) is 0 Å². The number of carbonyl (C=O) groups excluding carboxylic acids is 1. The Balaban J connectivity index is 2.29. The van der Waals surface area contributed by atoms with Crippen LogP contribution in [-0.2, 0) is 0 Å². The van der Waals surface area contributed by atoms with Gasteiger partial charge in [-0.2, -0.15) is 0 Å². The van der Waals surface area contributed by atoms with Crippen LogP contribution in [0.3, 0.4) is 0 Å². The summed E-state index contributed by atoms with van der Waals surface area (Å²) >= 11 is 5.89. The first-order valence-electron chi connectivity index (χ1n) is 6.74. The van der Waals surface area contributed by atoms with Crippen LogP contribution in [0.2, 0.25) is 5.02 Å². The van der Waals surface area contributed by atoms with E-state index in [1.54, 1.807) is 4.90 Å². The van der Waals surface area contributed by atoms with Crippen LogP contribution in [0, 0.1) is 15.5 Å². The summed E-state index contributed by atoms with van der Waals surface area (Å²) in [4.78, 5) is 24.5. The number of halogens is 1. The molecule has 2 rings (SSSR count). The number of nitrogens with zero attached hydrogens (tertiary/aromatic N) is 2.